The number of carbonyl (C=O) groups is 2. The third-order valence-electron chi connectivity index (χ3n) is 6.18. The van der Waals surface area contributed by atoms with E-state index in [0.29, 0.717) is 22.8 Å². The van der Waals surface area contributed by atoms with Gasteiger partial charge in [0.05, 0.1) is 24.3 Å². The van der Waals surface area contributed by atoms with Gasteiger partial charge in [-0.15, -0.1) is 0 Å². The van der Waals surface area contributed by atoms with Gasteiger partial charge in [0.15, 0.2) is 0 Å². The Morgan fingerprint density at radius 1 is 1.06 bits per heavy atom. The second-order valence-corrected chi connectivity index (χ2v) is 9.56. The number of hydrogen-bond donors (Lipinski definition) is 2. The molecule has 1 saturated heterocycles. The summed E-state index contributed by atoms with van der Waals surface area (Å²) in [5.74, 6) is 0.293. The van der Waals surface area contributed by atoms with Gasteiger partial charge in [0.1, 0.15) is 5.75 Å². The van der Waals surface area contributed by atoms with E-state index in [1.54, 1.807) is 6.92 Å². The van der Waals surface area contributed by atoms with Crippen LogP contribution in [-0.2, 0) is 9.53 Å². The summed E-state index contributed by atoms with van der Waals surface area (Å²) in [4.78, 5) is 30.3. The summed E-state index contributed by atoms with van der Waals surface area (Å²) in [5.41, 5.74) is 2.92. The van der Waals surface area contributed by atoms with Crippen LogP contribution in [0.4, 0.5) is 10.5 Å². The highest BCUT2D eigenvalue weighted by molar-refractivity contribution is 6.30. The Morgan fingerprint density at radius 2 is 1.72 bits per heavy atom. The van der Waals surface area contributed by atoms with Crippen LogP contribution in [0, 0.1) is 0 Å². The van der Waals surface area contributed by atoms with Gasteiger partial charge in [-0.2, -0.15) is 0 Å². The van der Waals surface area contributed by atoms with Crippen LogP contribution in [-0.4, -0.2) is 62.3 Å². The molecular formula is C27H33ClN4O4. The van der Waals surface area contributed by atoms with Gasteiger partial charge in [-0.1, -0.05) is 23.7 Å². The Balaban J connectivity index is 1.54. The van der Waals surface area contributed by atoms with E-state index in [4.69, 9.17) is 21.1 Å². The molecule has 0 bridgehead atoms. The van der Waals surface area contributed by atoms with E-state index in [1.165, 1.54) is 0 Å². The summed E-state index contributed by atoms with van der Waals surface area (Å²) in [7, 11) is 0. The molecular weight excluding hydrogens is 480 g/mol. The molecule has 2 aliphatic rings. The topological polar surface area (TPSA) is 83.1 Å². The third-order valence-corrected chi connectivity index (χ3v) is 6.43. The summed E-state index contributed by atoms with van der Waals surface area (Å²) >= 11 is 6.02. The second-order valence-electron chi connectivity index (χ2n) is 9.12. The molecule has 0 aliphatic carbocycles. The summed E-state index contributed by atoms with van der Waals surface area (Å²) in [6.45, 7) is 9.63. The molecule has 8 nitrogen and oxygen atoms in total. The quantitative estimate of drug-likeness (QED) is 0.518. The van der Waals surface area contributed by atoms with Crippen LogP contribution in [0.5, 0.6) is 5.75 Å². The smallest absolute Gasteiger partial charge is 0.338 e. The van der Waals surface area contributed by atoms with Crippen molar-refractivity contribution in [2.45, 2.75) is 32.9 Å². The first-order valence-electron chi connectivity index (χ1n) is 12.3. The molecule has 192 valence electrons. The highest BCUT2D eigenvalue weighted by Gasteiger charge is 2.34. The lowest BCUT2D eigenvalue weighted by Gasteiger charge is -2.38. The molecule has 2 amide bonds. The second kappa shape index (κ2) is 11.7. The van der Waals surface area contributed by atoms with Crippen molar-refractivity contribution >= 4 is 29.3 Å². The molecule has 2 aromatic carbocycles. The van der Waals surface area contributed by atoms with Gasteiger partial charge in [-0.05, 0) is 62.7 Å². The van der Waals surface area contributed by atoms with E-state index in [1.807, 2.05) is 62.4 Å². The molecule has 2 N–H and O–H groups in total. The van der Waals surface area contributed by atoms with Gasteiger partial charge >= 0.3 is 12.0 Å². The van der Waals surface area contributed by atoms with Crippen molar-refractivity contribution in [1.29, 1.82) is 0 Å². The average Bonchev–Trinajstić information content (AvgIpc) is 2.85. The minimum atomic E-state index is -0.615. The maximum Gasteiger partial charge on any atom is 0.338 e. The minimum Gasteiger partial charge on any atom is -0.491 e. The van der Waals surface area contributed by atoms with Gasteiger partial charge in [-0.3, -0.25) is 4.90 Å². The average molecular weight is 513 g/mol. The predicted molar refractivity (Wildman–Crippen MR) is 140 cm³/mol. The van der Waals surface area contributed by atoms with Crippen molar-refractivity contribution in [2.24, 2.45) is 0 Å². The first kappa shape index (κ1) is 25.9. The van der Waals surface area contributed by atoms with Gasteiger partial charge < -0.3 is 25.0 Å². The Labute approximate surface area is 217 Å². The fraction of sp³-hybridized carbons (Fsp3) is 0.407. The minimum absolute atomic E-state index is 0.0520. The van der Waals surface area contributed by atoms with E-state index < -0.39 is 12.0 Å². The van der Waals surface area contributed by atoms with Crippen molar-refractivity contribution in [3.63, 3.8) is 0 Å². The van der Waals surface area contributed by atoms with Crippen molar-refractivity contribution in [3.05, 3.63) is 70.4 Å². The van der Waals surface area contributed by atoms with Crippen LogP contribution in [0.25, 0.3) is 0 Å². The molecule has 2 heterocycles. The maximum atomic E-state index is 13.1. The highest BCUT2D eigenvalue weighted by atomic mass is 35.5. The van der Waals surface area contributed by atoms with Gasteiger partial charge in [0, 0.05) is 49.1 Å². The third kappa shape index (κ3) is 6.30. The summed E-state index contributed by atoms with van der Waals surface area (Å²) in [6, 6.07) is 14.3. The van der Waals surface area contributed by atoms with Crippen LogP contribution in [0.1, 0.15) is 32.4 Å². The normalized spacial score (nSPS) is 18.6. The number of rotatable bonds is 8. The predicted octanol–water partition coefficient (Wildman–Crippen LogP) is 4.12. The zero-order chi connectivity index (χ0) is 25.7. The standard InChI is InChI=1S/C27H33ClN4O4/c1-4-35-26(33)24-23(17-31-13-15-32(16-14-31)21-9-7-20(28)8-10-21)29-27(34)30-25(24)19-5-11-22(12-6-19)36-18(2)3/h5-12,18,25H,4,13-17H2,1-3H3,(H2,29,30,34). The number of nitrogens with one attached hydrogen (secondary N) is 2. The van der Waals surface area contributed by atoms with Crippen molar-refractivity contribution in [1.82, 2.24) is 15.5 Å². The number of piperazine rings is 1. The molecule has 1 atom stereocenters. The molecule has 4 rings (SSSR count). The maximum absolute atomic E-state index is 13.1. The number of nitrogens with zero attached hydrogens (tertiary/aromatic N) is 2. The fourth-order valence-corrected chi connectivity index (χ4v) is 4.62. The Morgan fingerprint density at radius 3 is 2.33 bits per heavy atom. The highest BCUT2D eigenvalue weighted by Crippen LogP contribution is 2.30. The van der Waals surface area contributed by atoms with Crippen LogP contribution in [0.2, 0.25) is 5.02 Å². The molecule has 0 aromatic heterocycles. The number of anilines is 1. The number of urea groups is 1. The molecule has 36 heavy (non-hydrogen) atoms. The Kier molecular flexibility index (Phi) is 8.38. The van der Waals surface area contributed by atoms with Gasteiger partial charge in [0.25, 0.3) is 0 Å². The molecule has 0 saturated carbocycles. The zero-order valence-electron chi connectivity index (χ0n) is 20.9. The van der Waals surface area contributed by atoms with E-state index in [9.17, 15) is 9.59 Å². The lowest BCUT2D eigenvalue weighted by Crippen LogP contribution is -2.51. The SMILES string of the molecule is CCOC(=O)C1=C(CN2CCN(c3ccc(Cl)cc3)CC2)NC(=O)NC1c1ccc(OC(C)C)cc1. The van der Waals surface area contributed by atoms with Crippen molar-refractivity contribution < 1.29 is 19.1 Å². The zero-order valence-corrected chi connectivity index (χ0v) is 21.7. The van der Waals surface area contributed by atoms with E-state index in [-0.39, 0.29) is 18.7 Å². The molecule has 0 spiro atoms. The van der Waals surface area contributed by atoms with Crippen LogP contribution >= 0.6 is 11.6 Å². The van der Waals surface area contributed by atoms with E-state index in [0.717, 1.165) is 43.2 Å². The van der Waals surface area contributed by atoms with Gasteiger partial charge in [-0.25, -0.2) is 9.59 Å². The summed E-state index contributed by atoms with van der Waals surface area (Å²) < 4.78 is 11.1. The number of benzene rings is 2. The van der Waals surface area contributed by atoms with Crippen molar-refractivity contribution in [2.75, 3.05) is 44.2 Å². The van der Waals surface area contributed by atoms with E-state index >= 15 is 0 Å². The molecule has 0 radical (unpaired) electrons. The number of hydrogen-bond acceptors (Lipinski definition) is 6. The van der Waals surface area contributed by atoms with Gasteiger partial charge in [0.2, 0.25) is 0 Å². The molecule has 1 unspecified atom stereocenters. The van der Waals surface area contributed by atoms with Crippen LogP contribution < -0.4 is 20.3 Å². The number of carbonyl (C=O) groups excluding carboxylic acids is 2. The largest absolute Gasteiger partial charge is 0.491 e. The molecule has 2 aliphatic heterocycles. The first-order chi connectivity index (χ1) is 17.3. The number of ether oxygens (including phenoxy) is 2. The summed E-state index contributed by atoms with van der Waals surface area (Å²) in [6.07, 6.45) is 0.0520. The fourth-order valence-electron chi connectivity index (χ4n) is 4.49. The molecule has 9 heteroatoms. The Bertz CT molecular complexity index is 1090. The van der Waals surface area contributed by atoms with Crippen LogP contribution in [0.3, 0.4) is 0 Å². The first-order valence-corrected chi connectivity index (χ1v) is 12.7. The molecule has 1 fully saturated rings. The lowest BCUT2D eigenvalue weighted by atomic mass is 9.94. The Hall–Kier alpha value is -3.23. The van der Waals surface area contributed by atoms with Crippen molar-refractivity contribution in [3.8, 4) is 5.75 Å². The summed E-state index contributed by atoms with van der Waals surface area (Å²) in [5, 5.41) is 6.49. The number of amides is 2. The van der Waals surface area contributed by atoms with Crippen LogP contribution in [0.15, 0.2) is 59.8 Å². The molecule has 2 aromatic rings. The number of esters is 1. The number of halogens is 1. The van der Waals surface area contributed by atoms with E-state index in [2.05, 4.69) is 20.4 Å². The monoisotopic (exact) mass is 512 g/mol. The lowest BCUT2D eigenvalue weighted by molar-refractivity contribution is -0.139.